The Balaban J connectivity index is 2.77. The van der Waals surface area contributed by atoms with Crippen molar-refractivity contribution in [1.82, 2.24) is 0 Å². The van der Waals surface area contributed by atoms with Gasteiger partial charge in [0.1, 0.15) is 5.54 Å². The van der Waals surface area contributed by atoms with Gasteiger partial charge in [-0.1, -0.05) is 6.92 Å². The van der Waals surface area contributed by atoms with Crippen molar-refractivity contribution < 1.29 is 19.8 Å². The third-order valence-electron chi connectivity index (χ3n) is 2.82. The van der Waals surface area contributed by atoms with Gasteiger partial charge >= 0.3 is 11.9 Å². The molecule has 74 valence electrons. The molecule has 0 amide bonds. The van der Waals surface area contributed by atoms with Gasteiger partial charge in [0.25, 0.3) is 0 Å². The highest BCUT2D eigenvalue weighted by molar-refractivity contribution is 5.83. The average molecular weight is 187 g/mol. The molecule has 4 N–H and O–H groups in total. The molecule has 5 heteroatoms. The Labute approximate surface area is 75.5 Å². The molecular formula is C8H13NO4. The number of aliphatic carboxylic acids is 2. The van der Waals surface area contributed by atoms with E-state index in [1.807, 2.05) is 0 Å². The van der Waals surface area contributed by atoms with Gasteiger partial charge in [-0.05, 0) is 12.8 Å². The van der Waals surface area contributed by atoms with E-state index in [1.165, 1.54) is 6.92 Å². The van der Waals surface area contributed by atoms with Gasteiger partial charge in [-0.25, -0.2) is 0 Å². The summed E-state index contributed by atoms with van der Waals surface area (Å²) in [7, 11) is 0. The largest absolute Gasteiger partial charge is 0.481 e. The standard InChI is InChI=1S/C8H13NO4/c1-3-4(6(10)11)5(3)8(2,9)7(12)13/h3-5H,9H2,1-2H3,(H,10,11)(H,12,13). The van der Waals surface area contributed by atoms with E-state index in [4.69, 9.17) is 15.9 Å². The summed E-state index contributed by atoms with van der Waals surface area (Å²) < 4.78 is 0. The van der Waals surface area contributed by atoms with Crippen molar-refractivity contribution in [3.05, 3.63) is 0 Å². The van der Waals surface area contributed by atoms with Gasteiger partial charge in [0.05, 0.1) is 5.92 Å². The average Bonchev–Trinajstić information content (AvgIpc) is 2.61. The van der Waals surface area contributed by atoms with Gasteiger partial charge in [-0.15, -0.1) is 0 Å². The molecule has 0 heterocycles. The zero-order valence-corrected chi connectivity index (χ0v) is 7.52. The van der Waals surface area contributed by atoms with Crippen LogP contribution >= 0.6 is 0 Å². The number of hydrogen-bond donors (Lipinski definition) is 3. The van der Waals surface area contributed by atoms with Gasteiger partial charge in [-0.3, -0.25) is 9.59 Å². The highest BCUT2D eigenvalue weighted by atomic mass is 16.4. The minimum absolute atomic E-state index is 0.149. The first-order valence-electron chi connectivity index (χ1n) is 4.05. The maximum atomic E-state index is 10.7. The Bertz CT molecular complexity index is 261. The maximum absolute atomic E-state index is 10.7. The van der Waals surface area contributed by atoms with Crippen LogP contribution in [-0.4, -0.2) is 27.7 Å². The highest BCUT2D eigenvalue weighted by Gasteiger charge is 2.62. The third-order valence-corrected chi connectivity index (χ3v) is 2.82. The third kappa shape index (κ3) is 1.39. The van der Waals surface area contributed by atoms with E-state index < -0.39 is 29.3 Å². The zero-order valence-electron chi connectivity index (χ0n) is 7.52. The number of hydrogen-bond acceptors (Lipinski definition) is 3. The molecule has 0 aromatic rings. The second kappa shape index (κ2) is 2.70. The van der Waals surface area contributed by atoms with Crippen molar-refractivity contribution in [3.8, 4) is 0 Å². The van der Waals surface area contributed by atoms with Crippen molar-refractivity contribution in [3.63, 3.8) is 0 Å². The normalized spacial score (nSPS) is 36.4. The summed E-state index contributed by atoms with van der Waals surface area (Å²) >= 11 is 0. The fourth-order valence-electron chi connectivity index (χ4n) is 1.90. The van der Waals surface area contributed by atoms with Crippen LogP contribution < -0.4 is 5.73 Å². The molecule has 1 aliphatic rings. The van der Waals surface area contributed by atoms with Crippen LogP contribution in [0.1, 0.15) is 13.8 Å². The minimum Gasteiger partial charge on any atom is -0.481 e. The summed E-state index contributed by atoms with van der Waals surface area (Å²) in [5.74, 6) is -3.32. The van der Waals surface area contributed by atoms with Gasteiger partial charge in [0.15, 0.2) is 0 Å². The fourth-order valence-corrected chi connectivity index (χ4v) is 1.90. The molecule has 0 aromatic carbocycles. The van der Waals surface area contributed by atoms with Crippen LogP contribution in [-0.2, 0) is 9.59 Å². The smallest absolute Gasteiger partial charge is 0.323 e. The Morgan fingerprint density at radius 3 is 2.08 bits per heavy atom. The number of carbonyl (C=O) groups is 2. The molecule has 13 heavy (non-hydrogen) atoms. The Morgan fingerprint density at radius 1 is 1.38 bits per heavy atom. The minimum atomic E-state index is -1.43. The molecule has 0 saturated heterocycles. The van der Waals surface area contributed by atoms with E-state index >= 15 is 0 Å². The zero-order chi connectivity index (χ0) is 10.4. The lowest BCUT2D eigenvalue weighted by molar-refractivity contribution is -0.144. The van der Waals surface area contributed by atoms with Crippen LogP contribution in [0.5, 0.6) is 0 Å². The molecule has 1 saturated carbocycles. The van der Waals surface area contributed by atoms with Gasteiger partial charge in [0, 0.05) is 5.92 Å². The SMILES string of the molecule is CC1C(C(=O)O)C1C(C)(N)C(=O)O. The van der Waals surface area contributed by atoms with E-state index in [-0.39, 0.29) is 5.92 Å². The molecule has 0 bridgehead atoms. The number of carboxylic acids is 2. The second-order valence-corrected chi connectivity index (χ2v) is 3.84. The van der Waals surface area contributed by atoms with E-state index in [0.717, 1.165) is 0 Å². The fraction of sp³-hybridized carbons (Fsp3) is 0.750. The van der Waals surface area contributed by atoms with Gasteiger partial charge in [0.2, 0.25) is 0 Å². The summed E-state index contributed by atoms with van der Waals surface area (Å²) in [5, 5.41) is 17.4. The molecule has 1 fully saturated rings. The molecule has 0 aliphatic heterocycles. The quantitative estimate of drug-likeness (QED) is 0.565. The molecule has 1 aliphatic carbocycles. The molecule has 0 radical (unpaired) electrons. The van der Waals surface area contributed by atoms with E-state index in [2.05, 4.69) is 0 Å². The first kappa shape index (κ1) is 9.98. The van der Waals surface area contributed by atoms with Crippen LogP contribution in [0, 0.1) is 17.8 Å². The lowest BCUT2D eigenvalue weighted by Crippen LogP contribution is -2.48. The van der Waals surface area contributed by atoms with Crippen molar-refractivity contribution in [2.75, 3.05) is 0 Å². The predicted molar refractivity (Wildman–Crippen MR) is 44.0 cm³/mol. The Hall–Kier alpha value is -1.10. The topological polar surface area (TPSA) is 101 Å². The highest BCUT2D eigenvalue weighted by Crippen LogP contribution is 2.51. The number of rotatable bonds is 3. The second-order valence-electron chi connectivity index (χ2n) is 3.84. The molecule has 0 spiro atoms. The van der Waals surface area contributed by atoms with Crippen LogP contribution in [0.2, 0.25) is 0 Å². The van der Waals surface area contributed by atoms with Crippen molar-refractivity contribution in [2.24, 2.45) is 23.5 Å². The Kier molecular flexibility index (Phi) is 2.07. The summed E-state index contributed by atoms with van der Waals surface area (Å²) in [6, 6.07) is 0. The van der Waals surface area contributed by atoms with Gasteiger partial charge < -0.3 is 15.9 Å². The molecule has 4 unspecified atom stereocenters. The van der Waals surface area contributed by atoms with Crippen LogP contribution in [0.25, 0.3) is 0 Å². The van der Waals surface area contributed by atoms with E-state index in [9.17, 15) is 9.59 Å². The van der Waals surface area contributed by atoms with E-state index in [0.29, 0.717) is 0 Å². The van der Waals surface area contributed by atoms with Crippen molar-refractivity contribution in [2.45, 2.75) is 19.4 Å². The monoisotopic (exact) mass is 187 g/mol. The summed E-state index contributed by atoms with van der Waals surface area (Å²) in [4.78, 5) is 21.3. The van der Waals surface area contributed by atoms with Gasteiger partial charge in [-0.2, -0.15) is 0 Å². The molecule has 4 atom stereocenters. The first-order valence-corrected chi connectivity index (χ1v) is 4.05. The van der Waals surface area contributed by atoms with E-state index in [1.54, 1.807) is 6.92 Å². The van der Waals surface area contributed by atoms with Crippen molar-refractivity contribution in [1.29, 1.82) is 0 Å². The van der Waals surface area contributed by atoms with Crippen molar-refractivity contribution >= 4 is 11.9 Å². The summed E-state index contributed by atoms with van der Waals surface area (Å²) in [6.45, 7) is 3.07. The number of nitrogens with two attached hydrogens (primary N) is 1. The molecule has 5 nitrogen and oxygen atoms in total. The van der Waals surface area contributed by atoms with Crippen LogP contribution in [0.4, 0.5) is 0 Å². The molecule has 1 rings (SSSR count). The summed E-state index contributed by atoms with van der Waals surface area (Å²) in [6.07, 6.45) is 0. The van der Waals surface area contributed by atoms with Crippen LogP contribution in [0.3, 0.4) is 0 Å². The first-order chi connectivity index (χ1) is 5.80. The summed E-state index contributed by atoms with van der Waals surface area (Å²) in [5.41, 5.74) is 4.09. The lowest BCUT2D eigenvalue weighted by atomic mass is 9.95. The maximum Gasteiger partial charge on any atom is 0.323 e. The Morgan fingerprint density at radius 2 is 1.85 bits per heavy atom. The predicted octanol–water partition coefficient (Wildman–Crippen LogP) is -0.245. The van der Waals surface area contributed by atoms with Crippen LogP contribution in [0.15, 0.2) is 0 Å². The lowest BCUT2D eigenvalue weighted by Gasteiger charge is -2.18. The number of carboxylic acid groups (broad SMARTS) is 2. The molecular weight excluding hydrogens is 174 g/mol. The molecule has 0 aromatic heterocycles.